The molecular weight excluding hydrogens is 269 g/mol. The van der Waals surface area contributed by atoms with Crippen LogP contribution in [0, 0.1) is 0 Å². The Kier molecular flexibility index (Phi) is 3.32. The summed E-state index contributed by atoms with van der Waals surface area (Å²) >= 11 is 5.74. The van der Waals surface area contributed by atoms with Crippen LogP contribution in [-0.2, 0) is 12.8 Å². The lowest BCUT2D eigenvalue weighted by Crippen LogP contribution is -2.03. The minimum Gasteiger partial charge on any atom is -0.392 e. The maximum atomic E-state index is 12.4. The first kappa shape index (κ1) is 12.9. The summed E-state index contributed by atoms with van der Waals surface area (Å²) < 4.78 is 38.4. The van der Waals surface area contributed by atoms with Crippen LogP contribution in [0.3, 0.4) is 0 Å². The lowest BCUT2D eigenvalue weighted by Gasteiger charge is -2.07. The van der Waals surface area contributed by atoms with E-state index in [1.807, 2.05) is 0 Å². The number of hydrogen-bond acceptors (Lipinski definition) is 2. The molecule has 0 aliphatic carbocycles. The van der Waals surface area contributed by atoms with Gasteiger partial charge in [0, 0.05) is 16.8 Å². The Hall–Kier alpha value is -1.53. The molecule has 0 atom stereocenters. The lowest BCUT2D eigenvalue weighted by atomic mass is 10.2. The molecule has 0 saturated heterocycles. The van der Waals surface area contributed by atoms with Crippen LogP contribution in [0.25, 0.3) is 5.69 Å². The zero-order valence-corrected chi connectivity index (χ0v) is 9.70. The quantitative estimate of drug-likeness (QED) is 0.915. The topological polar surface area (TPSA) is 38.0 Å². The van der Waals surface area contributed by atoms with Gasteiger partial charge in [0.2, 0.25) is 0 Å². The third-order valence-corrected chi connectivity index (χ3v) is 2.60. The molecule has 96 valence electrons. The van der Waals surface area contributed by atoms with Crippen molar-refractivity contribution in [3.05, 3.63) is 46.7 Å². The van der Waals surface area contributed by atoms with E-state index >= 15 is 0 Å². The Labute approximate surface area is 105 Å². The number of nitrogens with zero attached hydrogens (tertiary/aromatic N) is 2. The van der Waals surface area contributed by atoms with Gasteiger partial charge in [-0.15, -0.1) is 0 Å². The second-order valence-corrected chi connectivity index (χ2v) is 4.04. The fourth-order valence-corrected chi connectivity index (χ4v) is 1.70. The largest absolute Gasteiger partial charge is 0.419 e. The van der Waals surface area contributed by atoms with Crippen molar-refractivity contribution in [3.63, 3.8) is 0 Å². The van der Waals surface area contributed by atoms with Crippen LogP contribution in [0.15, 0.2) is 30.6 Å². The molecule has 0 saturated carbocycles. The molecular formula is C11H8ClF3N2O. The van der Waals surface area contributed by atoms with Crippen molar-refractivity contribution in [1.29, 1.82) is 0 Å². The van der Waals surface area contributed by atoms with Crippen molar-refractivity contribution in [2.45, 2.75) is 12.8 Å². The second-order valence-electron chi connectivity index (χ2n) is 3.60. The van der Waals surface area contributed by atoms with Crippen LogP contribution >= 0.6 is 11.6 Å². The highest BCUT2D eigenvalue weighted by atomic mass is 35.5. The maximum absolute atomic E-state index is 12.4. The lowest BCUT2D eigenvalue weighted by molar-refractivity contribution is -0.137. The first-order valence-corrected chi connectivity index (χ1v) is 5.31. The molecule has 0 aliphatic heterocycles. The van der Waals surface area contributed by atoms with Crippen molar-refractivity contribution in [2.24, 2.45) is 0 Å². The van der Waals surface area contributed by atoms with E-state index in [0.29, 0.717) is 16.3 Å². The summed E-state index contributed by atoms with van der Waals surface area (Å²) in [6.07, 6.45) is -2.85. The van der Waals surface area contributed by atoms with E-state index in [-0.39, 0.29) is 6.61 Å². The van der Waals surface area contributed by atoms with Gasteiger partial charge in [0.25, 0.3) is 0 Å². The number of hydrogen-bond donors (Lipinski definition) is 1. The fourth-order valence-electron chi connectivity index (χ4n) is 1.51. The first-order valence-electron chi connectivity index (χ1n) is 4.93. The van der Waals surface area contributed by atoms with Gasteiger partial charge in [-0.2, -0.15) is 18.3 Å². The average molecular weight is 277 g/mol. The van der Waals surface area contributed by atoms with E-state index in [2.05, 4.69) is 5.10 Å². The van der Waals surface area contributed by atoms with Gasteiger partial charge in [-0.25, -0.2) is 4.68 Å². The third kappa shape index (κ3) is 2.49. The van der Waals surface area contributed by atoms with E-state index in [1.165, 1.54) is 18.2 Å². The third-order valence-electron chi connectivity index (χ3n) is 2.37. The van der Waals surface area contributed by atoms with Crippen LogP contribution in [0.1, 0.15) is 11.1 Å². The summed E-state index contributed by atoms with van der Waals surface area (Å²) in [6, 6.07) is 4.50. The summed E-state index contributed by atoms with van der Waals surface area (Å²) in [5.41, 5.74) is -0.0851. The molecule has 0 aliphatic rings. The molecule has 1 aromatic carbocycles. The highest BCUT2D eigenvalue weighted by molar-refractivity contribution is 6.30. The van der Waals surface area contributed by atoms with E-state index < -0.39 is 11.7 Å². The number of benzene rings is 1. The van der Waals surface area contributed by atoms with Crippen LogP contribution in [0.5, 0.6) is 0 Å². The van der Waals surface area contributed by atoms with Crippen LogP contribution in [0.2, 0.25) is 5.02 Å². The molecule has 2 aromatic rings. The molecule has 0 amide bonds. The smallest absolute Gasteiger partial charge is 0.392 e. The Morgan fingerprint density at radius 2 is 2.06 bits per heavy atom. The van der Waals surface area contributed by atoms with Crippen LogP contribution in [0.4, 0.5) is 13.2 Å². The molecule has 18 heavy (non-hydrogen) atoms. The Morgan fingerprint density at radius 1 is 1.33 bits per heavy atom. The van der Waals surface area contributed by atoms with Gasteiger partial charge < -0.3 is 5.11 Å². The molecule has 1 aromatic heterocycles. The Balaban J connectivity index is 2.46. The fraction of sp³-hybridized carbons (Fsp3) is 0.182. The number of aromatic nitrogens is 2. The van der Waals surface area contributed by atoms with Crippen molar-refractivity contribution in [1.82, 2.24) is 9.78 Å². The molecule has 0 radical (unpaired) electrons. The van der Waals surface area contributed by atoms with Crippen molar-refractivity contribution in [3.8, 4) is 5.69 Å². The molecule has 0 fully saturated rings. The molecule has 2 rings (SSSR count). The van der Waals surface area contributed by atoms with Crippen molar-refractivity contribution in [2.75, 3.05) is 0 Å². The van der Waals surface area contributed by atoms with Crippen LogP contribution < -0.4 is 0 Å². The highest BCUT2D eigenvalue weighted by Gasteiger charge is 2.32. The minimum absolute atomic E-state index is 0.336. The predicted octanol–water partition coefficient (Wildman–Crippen LogP) is 3.04. The maximum Gasteiger partial charge on any atom is 0.419 e. The van der Waals surface area contributed by atoms with Crippen molar-refractivity contribution < 1.29 is 18.3 Å². The number of alkyl halides is 3. The zero-order valence-electron chi connectivity index (χ0n) is 8.95. The Morgan fingerprint density at radius 3 is 2.61 bits per heavy atom. The van der Waals surface area contributed by atoms with Crippen LogP contribution in [-0.4, -0.2) is 14.9 Å². The molecule has 0 bridgehead atoms. The Bertz CT molecular complexity index is 566. The summed E-state index contributed by atoms with van der Waals surface area (Å²) in [7, 11) is 0. The second kappa shape index (κ2) is 4.62. The average Bonchev–Trinajstić information content (AvgIpc) is 2.77. The summed E-state index contributed by atoms with van der Waals surface area (Å²) in [5.74, 6) is 0. The van der Waals surface area contributed by atoms with Gasteiger partial charge in [0.1, 0.15) is 0 Å². The van der Waals surface area contributed by atoms with Gasteiger partial charge in [-0.3, -0.25) is 0 Å². The monoisotopic (exact) mass is 276 g/mol. The standard InChI is InChI=1S/C11H8ClF3N2O/c12-9-1-2-10(7(3-9)6-18)17-5-8(4-16-17)11(13,14)15/h1-5,18H,6H2. The van der Waals surface area contributed by atoms with E-state index in [0.717, 1.165) is 17.1 Å². The van der Waals surface area contributed by atoms with Gasteiger partial charge in [-0.1, -0.05) is 11.6 Å². The normalized spacial score (nSPS) is 11.8. The molecule has 3 nitrogen and oxygen atoms in total. The van der Waals surface area contributed by atoms with Crippen molar-refractivity contribution >= 4 is 11.6 Å². The molecule has 0 unspecified atom stereocenters. The predicted molar refractivity (Wildman–Crippen MR) is 59.5 cm³/mol. The van der Waals surface area contributed by atoms with E-state index in [9.17, 15) is 13.2 Å². The number of halogens is 4. The molecule has 7 heteroatoms. The molecule has 0 spiro atoms. The first-order chi connectivity index (χ1) is 8.41. The van der Waals surface area contributed by atoms with Gasteiger partial charge in [0.05, 0.1) is 24.1 Å². The van der Waals surface area contributed by atoms with E-state index in [1.54, 1.807) is 0 Å². The molecule has 1 N–H and O–H groups in total. The summed E-state index contributed by atoms with van der Waals surface area (Å²) in [5, 5.41) is 13.2. The number of aliphatic hydroxyl groups excluding tert-OH is 1. The zero-order chi connectivity index (χ0) is 13.3. The number of aliphatic hydroxyl groups is 1. The summed E-state index contributed by atoms with van der Waals surface area (Å²) in [4.78, 5) is 0. The number of rotatable bonds is 2. The molecule has 1 heterocycles. The highest BCUT2D eigenvalue weighted by Crippen LogP contribution is 2.29. The van der Waals surface area contributed by atoms with Gasteiger partial charge in [-0.05, 0) is 18.2 Å². The van der Waals surface area contributed by atoms with Gasteiger partial charge >= 0.3 is 6.18 Å². The summed E-state index contributed by atoms with van der Waals surface area (Å²) in [6.45, 7) is -0.336. The van der Waals surface area contributed by atoms with Gasteiger partial charge in [0.15, 0.2) is 0 Å². The SMILES string of the molecule is OCc1cc(Cl)ccc1-n1cc(C(F)(F)F)cn1. The van der Waals surface area contributed by atoms with E-state index in [4.69, 9.17) is 16.7 Å². The minimum atomic E-state index is -4.44.